The van der Waals surface area contributed by atoms with Crippen LogP contribution >= 0.6 is 11.8 Å². The average Bonchev–Trinajstić information content (AvgIpc) is 3.29. The van der Waals surface area contributed by atoms with Crippen molar-refractivity contribution in [1.29, 1.82) is 0 Å². The average molecular weight is 527 g/mol. The lowest BCUT2D eigenvalue weighted by atomic mass is 10.2. The number of nitrogens with zero attached hydrogens (tertiary/aromatic N) is 4. The van der Waals surface area contributed by atoms with Crippen LogP contribution in [0.5, 0.6) is 5.75 Å². The van der Waals surface area contributed by atoms with Gasteiger partial charge in [-0.15, -0.1) is 16.8 Å². The molecule has 0 bridgehead atoms. The Balaban J connectivity index is 1.71. The molecule has 0 aliphatic heterocycles. The number of aliphatic hydroxyl groups excluding tert-OH is 1. The molecule has 0 fully saturated rings. The zero-order chi connectivity index (χ0) is 26.9. The summed E-state index contributed by atoms with van der Waals surface area (Å²) < 4.78 is 6.74. The van der Waals surface area contributed by atoms with Crippen molar-refractivity contribution in [3.8, 4) is 5.75 Å². The molecule has 1 aromatic heterocycles. The molecular weight excluding hydrogens is 500 g/mol. The molecule has 0 aliphatic carbocycles. The lowest BCUT2D eigenvalue weighted by Gasteiger charge is -2.17. The lowest BCUT2D eigenvalue weighted by molar-refractivity contribution is -0.384. The zero-order valence-corrected chi connectivity index (χ0v) is 21.0. The molecule has 0 aliphatic rings. The van der Waals surface area contributed by atoms with Crippen LogP contribution in [0.15, 0.2) is 60.3 Å². The quantitative estimate of drug-likeness (QED) is 0.139. The molecule has 0 saturated heterocycles. The second-order valence-electron chi connectivity index (χ2n) is 7.77. The number of benzene rings is 2. The minimum absolute atomic E-state index is 0.0561. The van der Waals surface area contributed by atoms with Crippen molar-refractivity contribution in [2.75, 3.05) is 24.8 Å². The van der Waals surface area contributed by atoms with E-state index in [-0.39, 0.29) is 18.0 Å². The molecule has 37 heavy (non-hydrogen) atoms. The van der Waals surface area contributed by atoms with E-state index in [2.05, 4.69) is 27.4 Å². The van der Waals surface area contributed by atoms with Crippen molar-refractivity contribution >= 4 is 35.0 Å². The third-order valence-electron chi connectivity index (χ3n) is 5.25. The van der Waals surface area contributed by atoms with E-state index >= 15 is 0 Å². The van der Waals surface area contributed by atoms with E-state index in [9.17, 15) is 24.8 Å². The first-order valence-corrected chi connectivity index (χ1v) is 12.0. The smallest absolute Gasteiger partial charge is 0.271 e. The molecule has 3 rings (SSSR count). The highest BCUT2D eigenvalue weighted by molar-refractivity contribution is 7.99. The van der Waals surface area contributed by atoms with Gasteiger partial charge in [-0.1, -0.05) is 23.9 Å². The van der Waals surface area contributed by atoms with Gasteiger partial charge in [0.2, 0.25) is 5.91 Å². The molecule has 0 radical (unpaired) electrons. The van der Waals surface area contributed by atoms with Gasteiger partial charge in [-0.3, -0.25) is 19.7 Å². The first-order chi connectivity index (χ1) is 17.8. The zero-order valence-electron chi connectivity index (χ0n) is 20.2. The summed E-state index contributed by atoms with van der Waals surface area (Å²) in [4.78, 5) is 35.7. The van der Waals surface area contributed by atoms with Crippen LogP contribution in [0, 0.1) is 17.0 Å². The summed E-state index contributed by atoms with van der Waals surface area (Å²) in [6.45, 7) is 5.29. The maximum absolute atomic E-state index is 12.7. The van der Waals surface area contributed by atoms with E-state index in [0.29, 0.717) is 33.5 Å². The van der Waals surface area contributed by atoms with Crippen molar-refractivity contribution in [3.05, 3.63) is 82.2 Å². The Morgan fingerprint density at radius 2 is 2.00 bits per heavy atom. The van der Waals surface area contributed by atoms with Gasteiger partial charge < -0.3 is 25.0 Å². The molecule has 3 aromatic rings. The summed E-state index contributed by atoms with van der Waals surface area (Å²) in [7, 11) is 1.53. The number of allylic oxidation sites excluding steroid dienone is 1. The van der Waals surface area contributed by atoms with E-state index in [0.717, 1.165) is 11.8 Å². The second-order valence-corrected chi connectivity index (χ2v) is 8.71. The van der Waals surface area contributed by atoms with Crippen LogP contribution in [0.25, 0.3) is 0 Å². The number of rotatable bonds is 12. The van der Waals surface area contributed by atoms with Gasteiger partial charge in [0.1, 0.15) is 11.8 Å². The number of aryl methyl sites for hydroxylation is 1. The molecular formula is C24H26N6O6S. The Hall–Kier alpha value is -4.23. The van der Waals surface area contributed by atoms with Crippen LogP contribution in [0.3, 0.4) is 0 Å². The number of nitro groups is 1. The number of anilines is 1. The van der Waals surface area contributed by atoms with Gasteiger partial charge in [-0.25, -0.2) is 0 Å². The van der Waals surface area contributed by atoms with Gasteiger partial charge in [0.15, 0.2) is 11.0 Å². The highest BCUT2D eigenvalue weighted by Gasteiger charge is 2.23. The van der Waals surface area contributed by atoms with E-state index < -0.39 is 29.4 Å². The summed E-state index contributed by atoms with van der Waals surface area (Å²) in [6, 6.07) is 9.86. The van der Waals surface area contributed by atoms with Gasteiger partial charge >= 0.3 is 0 Å². The van der Waals surface area contributed by atoms with Gasteiger partial charge in [-0.05, 0) is 36.8 Å². The fraction of sp³-hybridized carbons (Fsp3) is 0.250. The van der Waals surface area contributed by atoms with Gasteiger partial charge in [0, 0.05) is 24.2 Å². The van der Waals surface area contributed by atoms with Crippen molar-refractivity contribution in [1.82, 2.24) is 20.1 Å². The van der Waals surface area contributed by atoms with Crippen molar-refractivity contribution < 1.29 is 24.4 Å². The number of hydrogen-bond donors (Lipinski definition) is 3. The minimum atomic E-state index is -0.863. The Bertz CT molecular complexity index is 1290. The number of nitrogens with one attached hydrogen (secondary N) is 2. The second kappa shape index (κ2) is 12.6. The summed E-state index contributed by atoms with van der Waals surface area (Å²) in [5.41, 5.74) is 1.27. The number of nitro benzene ring substituents is 1. The predicted octanol–water partition coefficient (Wildman–Crippen LogP) is 2.88. The normalized spacial score (nSPS) is 11.4. The molecule has 194 valence electrons. The molecule has 2 aromatic carbocycles. The number of aliphatic hydroxyl groups is 1. The Kier molecular flexibility index (Phi) is 9.35. The van der Waals surface area contributed by atoms with Crippen LogP contribution in [-0.2, 0) is 11.3 Å². The Labute approximate surface area is 216 Å². The molecule has 1 heterocycles. The first-order valence-electron chi connectivity index (χ1n) is 11.0. The number of ether oxygens (including phenoxy) is 1. The maximum Gasteiger partial charge on any atom is 0.271 e. The van der Waals surface area contributed by atoms with E-state index in [1.54, 1.807) is 47.9 Å². The molecule has 2 amide bonds. The van der Waals surface area contributed by atoms with E-state index in [4.69, 9.17) is 4.74 Å². The lowest BCUT2D eigenvalue weighted by Crippen LogP contribution is -2.33. The monoisotopic (exact) mass is 526 g/mol. The SMILES string of the molecule is C=CCn1c(SCC(=O)Nc2cc([N+](=O)[O-])ccc2C)nnc1[C@H](CO)NC(=O)c1ccc(OC)cc1. The predicted molar refractivity (Wildman–Crippen MR) is 138 cm³/mol. The summed E-state index contributed by atoms with van der Waals surface area (Å²) >= 11 is 1.09. The highest BCUT2D eigenvalue weighted by Crippen LogP contribution is 2.24. The first kappa shape index (κ1) is 27.4. The topological polar surface area (TPSA) is 162 Å². The molecule has 1 atom stereocenters. The molecule has 0 saturated carbocycles. The van der Waals surface area contributed by atoms with Crippen LogP contribution < -0.4 is 15.4 Å². The number of carbonyl (C=O) groups is 2. The number of thioether (sulfide) groups is 1. The van der Waals surface area contributed by atoms with Gasteiger partial charge in [0.25, 0.3) is 11.6 Å². The van der Waals surface area contributed by atoms with Crippen LogP contribution in [0.4, 0.5) is 11.4 Å². The maximum atomic E-state index is 12.7. The van der Waals surface area contributed by atoms with Crippen LogP contribution in [0.1, 0.15) is 27.8 Å². The number of non-ortho nitro benzene ring substituents is 1. The summed E-state index contributed by atoms with van der Waals surface area (Å²) in [5, 5.41) is 35.0. The van der Waals surface area contributed by atoms with Crippen LogP contribution in [0.2, 0.25) is 0 Å². The van der Waals surface area contributed by atoms with Crippen molar-refractivity contribution in [2.24, 2.45) is 0 Å². The van der Waals surface area contributed by atoms with Crippen molar-refractivity contribution in [3.63, 3.8) is 0 Å². The summed E-state index contributed by atoms with van der Waals surface area (Å²) in [6.07, 6.45) is 1.60. The largest absolute Gasteiger partial charge is 0.497 e. The summed E-state index contributed by atoms with van der Waals surface area (Å²) in [5.74, 6) is 0.0268. The number of amides is 2. The van der Waals surface area contributed by atoms with Gasteiger partial charge in [-0.2, -0.15) is 0 Å². The molecule has 12 nitrogen and oxygen atoms in total. The van der Waals surface area contributed by atoms with E-state index in [1.807, 2.05) is 0 Å². The van der Waals surface area contributed by atoms with E-state index in [1.165, 1.54) is 19.2 Å². The Morgan fingerprint density at radius 1 is 1.27 bits per heavy atom. The molecule has 0 spiro atoms. The number of aromatic nitrogens is 3. The van der Waals surface area contributed by atoms with Crippen LogP contribution in [-0.4, -0.2) is 56.1 Å². The Morgan fingerprint density at radius 3 is 2.62 bits per heavy atom. The molecule has 0 unspecified atom stereocenters. The number of carbonyl (C=O) groups excluding carboxylic acids is 2. The number of methoxy groups -OCH3 is 1. The third kappa shape index (κ3) is 6.92. The van der Waals surface area contributed by atoms with Gasteiger partial charge in [0.05, 0.1) is 30.1 Å². The standard InChI is InChI=1S/C24H26N6O6S/c1-4-11-29-22(20(13-31)26-23(33)16-6-9-18(36-3)10-7-16)27-28-24(29)37-14-21(32)25-19-12-17(30(34)35)8-5-15(19)2/h4-10,12,20,31H,1,11,13-14H2,2-3H3,(H,25,32)(H,26,33)/t20-/m0/s1. The fourth-order valence-corrected chi connectivity index (χ4v) is 4.07. The minimum Gasteiger partial charge on any atom is -0.497 e. The highest BCUT2D eigenvalue weighted by atomic mass is 32.2. The molecule has 13 heteroatoms. The molecule has 3 N–H and O–H groups in total. The third-order valence-corrected chi connectivity index (χ3v) is 6.21. The number of hydrogen-bond acceptors (Lipinski definition) is 9. The van der Waals surface area contributed by atoms with Crippen molar-refractivity contribution in [2.45, 2.75) is 24.7 Å². The fourth-order valence-electron chi connectivity index (χ4n) is 3.32.